The standard InChI is InChI=1S/C7H11F3N2/c1-5(4-11-2)6(12-3)7(8,9)10/h4,12H,1-3H3. The van der Waals surface area contributed by atoms with Gasteiger partial charge in [0.05, 0.1) is 0 Å². The number of halogens is 3. The summed E-state index contributed by atoms with van der Waals surface area (Å²) in [6.45, 7) is 1.35. The summed E-state index contributed by atoms with van der Waals surface area (Å²) in [7, 11) is 2.66. The fourth-order valence-corrected chi connectivity index (χ4v) is 0.821. The molecule has 1 N–H and O–H groups in total. The molecule has 0 fully saturated rings. The van der Waals surface area contributed by atoms with Crippen LogP contribution in [0, 0.1) is 0 Å². The van der Waals surface area contributed by atoms with Crippen LogP contribution in [0.25, 0.3) is 0 Å². The van der Waals surface area contributed by atoms with E-state index >= 15 is 0 Å². The van der Waals surface area contributed by atoms with Gasteiger partial charge in [-0.1, -0.05) is 0 Å². The van der Waals surface area contributed by atoms with Crippen LogP contribution < -0.4 is 5.32 Å². The van der Waals surface area contributed by atoms with Crippen molar-refractivity contribution in [1.82, 2.24) is 5.32 Å². The molecule has 0 saturated carbocycles. The molecule has 0 rings (SSSR count). The Morgan fingerprint density at radius 2 is 1.92 bits per heavy atom. The van der Waals surface area contributed by atoms with Gasteiger partial charge in [0.2, 0.25) is 0 Å². The van der Waals surface area contributed by atoms with Gasteiger partial charge in [0.1, 0.15) is 5.70 Å². The number of aliphatic imine (C=N–C) groups is 1. The molecule has 0 aliphatic heterocycles. The lowest BCUT2D eigenvalue weighted by molar-refractivity contribution is -0.0965. The molecule has 0 amide bonds. The third-order valence-electron chi connectivity index (χ3n) is 1.25. The van der Waals surface area contributed by atoms with Gasteiger partial charge in [-0.05, 0) is 12.5 Å². The third kappa shape index (κ3) is 2.94. The number of hydrogen-bond donors (Lipinski definition) is 1. The Labute approximate surface area is 69.2 Å². The Bertz CT molecular complexity index is 203. The fraction of sp³-hybridized carbons (Fsp3) is 0.571. The van der Waals surface area contributed by atoms with Gasteiger partial charge in [-0.3, -0.25) is 4.99 Å². The van der Waals surface area contributed by atoms with Gasteiger partial charge in [0.15, 0.2) is 0 Å². The van der Waals surface area contributed by atoms with Crippen LogP contribution >= 0.6 is 0 Å². The summed E-state index contributed by atoms with van der Waals surface area (Å²) in [5, 5.41) is 2.09. The van der Waals surface area contributed by atoms with E-state index in [1.165, 1.54) is 27.2 Å². The quantitative estimate of drug-likeness (QED) is 0.643. The summed E-state index contributed by atoms with van der Waals surface area (Å²) in [5.74, 6) is 0. The molecule has 0 bridgehead atoms. The summed E-state index contributed by atoms with van der Waals surface area (Å²) >= 11 is 0. The van der Waals surface area contributed by atoms with Crippen molar-refractivity contribution in [2.75, 3.05) is 14.1 Å². The number of nitrogens with zero attached hydrogens (tertiary/aromatic N) is 1. The van der Waals surface area contributed by atoms with Gasteiger partial charge in [0, 0.05) is 20.3 Å². The van der Waals surface area contributed by atoms with Crippen molar-refractivity contribution in [1.29, 1.82) is 0 Å². The molecule has 0 aliphatic rings. The SMILES string of the molecule is CN=CC(C)=C(NC)C(F)(F)F. The molecule has 0 aromatic rings. The third-order valence-corrected chi connectivity index (χ3v) is 1.25. The van der Waals surface area contributed by atoms with Crippen molar-refractivity contribution in [3.8, 4) is 0 Å². The number of rotatable bonds is 2. The summed E-state index contributed by atoms with van der Waals surface area (Å²) in [6, 6.07) is 0. The van der Waals surface area contributed by atoms with Crippen LogP contribution in [0.2, 0.25) is 0 Å². The highest BCUT2D eigenvalue weighted by atomic mass is 19.4. The average Bonchev–Trinajstić information content (AvgIpc) is 1.85. The second kappa shape index (κ2) is 4.13. The largest absolute Gasteiger partial charge is 0.431 e. The highest BCUT2D eigenvalue weighted by Crippen LogP contribution is 2.24. The lowest BCUT2D eigenvalue weighted by Crippen LogP contribution is -2.25. The zero-order chi connectivity index (χ0) is 9.78. The normalized spacial score (nSPS) is 14.8. The molecule has 0 heterocycles. The van der Waals surface area contributed by atoms with Crippen molar-refractivity contribution >= 4 is 6.21 Å². The van der Waals surface area contributed by atoms with E-state index in [1.54, 1.807) is 0 Å². The minimum absolute atomic E-state index is 0.0764. The highest BCUT2D eigenvalue weighted by molar-refractivity contribution is 5.78. The number of allylic oxidation sites excluding steroid dienone is 2. The second-order valence-corrected chi connectivity index (χ2v) is 2.19. The zero-order valence-corrected chi connectivity index (χ0v) is 7.16. The Balaban J connectivity index is 4.86. The second-order valence-electron chi connectivity index (χ2n) is 2.19. The van der Waals surface area contributed by atoms with Crippen molar-refractivity contribution in [2.45, 2.75) is 13.1 Å². The molecule has 12 heavy (non-hydrogen) atoms. The summed E-state index contributed by atoms with van der Waals surface area (Å²) in [5.41, 5.74) is -0.680. The molecule has 70 valence electrons. The van der Waals surface area contributed by atoms with Crippen LogP contribution in [-0.2, 0) is 0 Å². The number of hydrogen-bond acceptors (Lipinski definition) is 2. The molecule has 2 nitrogen and oxygen atoms in total. The topological polar surface area (TPSA) is 24.4 Å². The molecular formula is C7H11F3N2. The number of nitrogens with one attached hydrogen (secondary N) is 1. The van der Waals surface area contributed by atoms with E-state index in [-0.39, 0.29) is 5.57 Å². The minimum atomic E-state index is -4.33. The Kier molecular flexibility index (Phi) is 3.79. The molecule has 5 heteroatoms. The molecule has 0 radical (unpaired) electrons. The first-order valence-corrected chi connectivity index (χ1v) is 3.31. The smallest absolute Gasteiger partial charge is 0.384 e. The zero-order valence-electron chi connectivity index (χ0n) is 7.16. The molecule has 0 aromatic carbocycles. The van der Waals surface area contributed by atoms with E-state index < -0.39 is 11.9 Å². The maximum absolute atomic E-state index is 12.1. The van der Waals surface area contributed by atoms with Crippen LogP contribution in [0.3, 0.4) is 0 Å². The Hall–Kier alpha value is -1.00. The van der Waals surface area contributed by atoms with Gasteiger partial charge in [-0.15, -0.1) is 0 Å². The van der Waals surface area contributed by atoms with E-state index in [2.05, 4.69) is 10.3 Å². The van der Waals surface area contributed by atoms with Gasteiger partial charge in [0.25, 0.3) is 0 Å². The molecule has 0 atom stereocenters. The van der Waals surface area contributed by atoms with Crippen LogP contribution in [0.5, 0.6) is 0 Å². The number of alkyl halides is 3. The lowest BCUT2D eigenvalue weighted by Gasteiger charge is -2.12. The summed E-state index contributed by atoms with van der Waals surface area (Å²) < 4.78 is 36.3. The first-order chi connectivity index (χ1) is 5.43. The maximum atomic E-state index is 12.1. The predicted octanol–water partition coefficient (Wildman–Crippen LogP) is 1.74. The molecule has 0 saturated heterocycles. The van der Waals surface area contributed by atoms with E-state index in [0.29, 0.717) is 0 Å². The van der Waals surface area contributed by atoms with E-state index in [9.17, 15) is 13.2 Å². The van der Waals surface area contributed by atoms with Gasteiger partial charge in [-0.2, -0.15) is 13.2 Å². The van der Waals surface area contributed by atoms with Crippen LogP contribution in [-0.4, -0.2) is 26.5 Å². The molecule has 0 unspecified atom stereocenters. The fourth-order valence-electron chi connectivity index (χ4n) is 0.821. The average molecular weight is 180 g/mol. The van der Waals surface area contributed by atoms with Crippen LogP contribution in [0.1, 0.15) is 6.92 Å². The molecule has 0 spiro atoms. The summed E-state index contributed by atoms with van der Waals surface area (Å²) in [6.07, 6.45) is -3.17. The van der Waals surface area contributed by atoms with Gasteiger partial charge in [-0.25, -0.2) is 0 Å². The van der Waals surface area contributed by atoms with Crippen molar-refractivity contribution in [2.24, 2.45) is 4.99 Å². The van der Waals surface area contributed by atoms with Gasteiger partial charge >= 0.3 is 6.18 Å². The highest BCUT2D eigenvalue weighted by Gasteiger charge is 2.34. The maximum Gasteiger partial charge on any atom is 0.431 e. The van der Waals surface area contributed by atoms with E-state index in [4.69, 9.17) is 0 Å². The van der Waals surface area contributed by atoms with Crippen LogP contribution in [0.15, 0.2) is 16.3 Å². The Morgan fingerprint density at radius 3 is 2.17 bits per heavy atom. The van der Waals surface area contributed by atoms with Crippen molar-refractivity contribution < 1.29 is 13.2 Å². The monoisotopic (exact) mass is 180 g/mol. The molecule has 0 aliphatic carbocycles. The first kappa shape index (κ1) is 11.0. The predicted molar refractivity (Wildman–Crippen MR) is 42.2 cm³/mol. The summed E-state index contributed by atoms with van der Waals surface area (Å²) in [4.78, 5) is 3.50. The first-order valence-electron chi connectivity index (χ1n) is 3.31. The van der Waals surface area contributed by atoms with E-state index in [0.717, 1.165) is 0 Å². The molecule has 0 aromatic heterocycles. The van der Waals surface area contributed by atoms with Crippen molar-refractivity contribution in [3.63, 3.8) is 0 Å². The van der Waals surface area contributed by atoms with E-state index in [1.807, 2.05) is 0 Å². The molecular weight excluding hydrogens is 169 g/mol. The minimum Gasteiger partial charge on any atom is -0.384 e. The lowest BCUT2D eigenvalue weighted by atomic mass is 10.2. The Morgan fingerprint density at radius 1 is 1.42 bits per heavy atom. The van der Waals surface area contributed by atoms with Crippen molar-refractivity contribution in [3.05, 3.63) is 11.3 Å². The van der Waals surface area contributed by atoms with Crippen LogP contribution in [0.4, 0.5) is 13.2 Å². The van der Waals surface area contributed by atoms with Gasteiger partial charge < -0.3 is 5.32 Å².